The summed E-state index contributed by atoms with van der Waals surface area (Å²) in [6.45, 7) is 0. The largest absolute Gasteiger partial charge is 0.507 e. The van der Waals surface area contributed by atoms with Gasteiger partial charge in [-0.25, -0.2) is 0 Å². The molecular formula is C13H8ClN5O2S. The number of rotatable bonds is 1. The Morgan fingerprint density at radius 3 is 3.05 bits per heavy atom. The maximum Gasteiger partial charge on any atom is 0.272 e. The van der Waals surface area contributed by atoms with E-state index in [0.717, 1.165) is 0 Å². The number of nitrogen functional groups attached to an aromatic ring is 1. The maximum atomic E-state index is 12.7. The van der Waals surface area contributed by atoms with Crippen LogP contribution in [-0.4, -0.2) is 24.7 Å². The summed E-state index contributed by atoms with van der Waals surface area (Å²) in [4.78, 5) is 17.5. The van der Waals surface area contributed by atoms with Gasteiger partial charge in [0.15, 0.2) is 10.6 Å². The molecule has 0 spiro atoms. The average Bonchev–Trinajstić information content (AvgIpc) is 3.07. The maximum absolute atomic E-state index is 12.7. The second-order valence-electron chi connectivity index (χ2n) is 4.65. The predicted octanol–water partition coefficient (Wildman–Crippen LogP) is 2.24. The number of hydrogen-bond donors (Lipinski definition) is 3. The third kappa shape index (κ3) is 1.71. The topological polar surface area (TPSA) is 109 Å². The van der Waals surface area contributed by atoms with Crippen molar-refractivity contribution in [1.82, 2.24) is 19.6 Å². The minimum absolute atomic E-state index is 0.0243. The molecule has 7 nitrogen and oxygen atoms in total. The Morgan fingerprint density at radius 1 is 1.41 bits per heavy atom. The van der Waals surface area contributed by atoms with Gasteiger partial charge in [0, 0.05) is 16.0 Å². The van der Waals surface area contributed by atoms with E-state index < -0.39 is 0 Å². The Labute approximate surface area is 131 Å². The van der Waals surface area contributed by atoms with E-state index in [1.165, 1.54) is 21.8 Å². The zero-order chi connectivity index (χ0) is 15.4. The highest BCUT2D eigenvalue weighted by molar-refractivity contribution is 7.15. The van der Waals surface area contributed by atoms with Gasteiger partial charge in [0.1, 0.15) is 17.0 Å². The summed E-state index contributed by atoms with van der Waals surface area (Å²) in [6.07, 6.45) is 0. The minimum atomic E-state index is -0.345. The number of fused-ring (bicyclic) bond motifs is 2. The fraction of sp³-hybridized carbons (Fsp3) is 0. The van der Waals surface area contributed by atoms with Crippen LogP contribution in [0.3, 0.4) is 0 Å². The lowest BCUT2D eigenvalue weighted by molar-refractivity contribution is 0.477. The quantitative estimate of drug-likeness (QED) is 0.495. The highest BCUT2D eigenvalue weighted by atomic mass is 35.5. The van der Waals surface area contributed by atoms with Gasteiger partial charge in [0.05, 0.1) is 5.69 Å². The van der Waals surface area contributed by atoms with Crippen LogP contribution in [0.1, 0.15) is 0 Å². The van der Waals surface area contributed by atoms with Crippen LogP contribution in [-0.2, 0) is 0 Å². The van der Waals surface area contributed by atoms with E-state index in [2.05, 4.69) is 15.2 Å². The van der Waals surface area contributed by atoms with Crippen molar-refractivity contribution in [2.45, 2.75) is 0 Å². The van der Waals surface area contributed by atoms with Gasteiger partial charge in [-0.05, 0) is 18.2 Å². The van der Waals surface area contributed by atoms with E-state index in [1.54, 1.807) is 17.5 Å². The van der Waals surface area contributed by atoms with Gasteiger partial charge in [-0.15, -0.1) is 11.3 Å². The molecule has 0 unspecified atom stereocenters. The molecule has 0 saturated heterocycles. The number of nitrogens with zero attached hydrogens (tertiary/aromatic N) is 3. The first-order valence-corrected chi connectivity index (χ1v) is 7.44. The fourth-order valence-corrected chi connectivity index (χ4v) is 3.37. The summed E-state index contributed by atoms with van der Waals surface area (Å²) in [6, 6.07) is 4.64. The Balaban J connectivity index is 2.16. The molecule has 0 atom stereocenters. The van der Waals surface area contributed by atoms with Crippen LogP contribution >= 0.6 is 22.9 Å². The number of nitrogens with two attached hydrogens (primary N) is 1. The number of aromatic nitrogens is 4. The van der Waals surface area contributed by atoms with E-state index in [9.17, 15) is 9.90 Å². The Hall–Kier alpha value is -2.58. The molecule has 0 radical (unpaired) electrons. The Bertz CT molecular complexity index is 1100. The van der Waals surface area contributed by atoms with Crippen LogP contribution in [0.25, 0.3) is 27.3 Å². The first kappa shape index (κ1) is 13.1. The van der Waals surface area contributed by atoms with E-state index >= 15 is 0 Å². The summed E-state index contributed by atoms with van der Waals surface area (Å²) < 4.78 is 1.39. The molecule has 3 heterocycles. The normalized spacial score (nSPS) is 11.5. The summed E-state index contributed by atoms with van der Waals surface area (Å²) in [7, 11) is 0. The summed E-state index contributed by atoms with van der Waals surface area (Å²) in [5, 5.41) is 18.9. The number of anilines is 1. The molecule has 22 heavy (non-hydrogen) atoms. The van der Waals surface area contributed by atoms with Gasteiger partial charge in [-0.1, -0.05) is 11.6 Å². The molecule has 0 aliphatic heterocycles. The van der Waals surface area contributed by atoms with Crippen molar-refractivity contribution >= 4 is 44.7 Å². The second kappa shape index (κ2) is 4.46. The molecule has 3 aromatic heterocycles. The third-order valence-corrected chi connectivity index (χ3v) is 4.40. The fourth-order valence-electron chi connectivity index (χ4n) is 2.33. The Kier molecular flexibility index (Phi) is 2.65. The average molecular weight is 334 g/mol. The zero-order valence-electron chi connectivity index (χ0n) is 10.9. The predicted molar refractivity (Wildman–Crippen MR) is 85.5 cm³/mol. The van der Waals surface area contributed by atoms with E-state index in [4.69, 9.17) is 17.3 Å². The molecule has 110 valence electrons. The standard InChI is InChI=1S/C13H8ClN5O2S/c14-5-1-2-8(20)6(3-5)7-4-22-13-16-11-9(10(15)17-18-11)12(21)19(7)13/h1-4,20H,(H3,15,17,18). The third-order valence-electron chi connectivity index (χ3n) is 3.34. The van der Waals surface area contributed by atoms with Gasteiger partial charge in [-0.3, -0.25) is 14.3 Å². The number of aromatic hydroxyl groups is 1. The van der Waals surface area contributed by atoms with Crippen LogP contribution in [0.4, 0.5) is 5.82 Å². The lowest BCUT2D eigenvalue weighted by atomic mass is 10.1. The summed E-state index contributed by atoms with van der Waals surface area (Å²) in [5.74, 6) is 0.186. The van der Waals surface area contributed by atoms with Crippen molar-refractivity contribution in [2.75, 3.05) is 5.73 Å². The molecule has 0 aliphatic carbocycles. The second-order valence-corrected chi connectivity index (χ2v) is 5.93. The van der Waals surface area contributed by atoms with Crippen molar-refractivity contribution in [3.63, 3.8) is 0 Å². The van der Waals surface area contributed by atoms with E-state index in [0.29, 0.717) is 21.2 Å². The number of aromatic amines is 1. The molecule has 0 saturated carbocycles. The molecule has 0 amide bonds. The summed E-state index contributed by atoms with van der Waals surface area (Å²) in [5.41, 5.74) is 6.61. The zero-order valence-corrected chi connectivity index (χ0v) is 12.4. The van der Waals surface area contributed by atoms with Gasteiger partial charge in [-0.2, -0.15) is 10.1 Å². The molecular weight excluding hydrogens is 326 g/mol. The van der Waals surface area contributed by atoms with Crippen molar-refractivity contribution in [3.05, 3.63) is 39.0 Å². The molecule has 9 heteroatoms. The van der Waals surface area contributed by atoms with Crippen molar-refractivity contribution in [2.24, 2.45) is 0 Å². The lowest BCUT2D eigenvalue weighted by Crippen LogP contribution is -2.15. The highest BCUT2D eigenvalue weighted by Gasteiger charge is 2.18. The van der Waals surface area contributed by atoms with Gasteiger partial charge >= 0.3 is 0 Å². The Morgan fingerprint density at radius 2 is 2.23 bits per heavy atom. The van der Waals surface area contributed by atoms with E-state index in [1.807, 2.05) is 0 Å². The van der Waals surface area contributed by atoms with Crippen molar-refractivity contribution in [1.29, 1.82) is 0 Å². The number of thiazole rings is 1. The smallest absolute Gasteiger partial charge is 0.272 e. The molecule has 0 fully saturated rings. The van der Waals surface area contributed by atoms with Gasteiger partial charge in [0.25, 0.3) is 5.56 Å². The number of H-pyrrole nitrogens is 1. The number of benzene rings is 1. The van der Waals surface area contributed by atoms with Crippen LogP contribution in [0, 0.1) is 0 Å². The number of nitrogens with one attached hydrogen (secondary N) is 1. The molecule has 1 aromatic carbocycles. The number of halogens is 1. The van der Waals surface area contributed by atoms with Crippen LogP contribution < -0.4 is 11.3 Å². The van der Waals surface area contributed by atoms with Crippen LogP contribution in [0.5, 0.6) is 5.75 Å². The van der Waals surface area contributed by atoms with Gasteiger partial charge in [0.2, 0.25) is 0 Å². The van der Waals surface area contributed by atoms with Crippen molar-refractivity contribution < 1.29 is 5.11 Å². The highest BCUT2D eigenvalue weighted by Crippen LogP contribution is 2.33. The van der Waals surface area contributed by atoms with Gasteiger partial charge < -0.3 is 10.8 Å². The molecule has 4 rings (SSSR count). The monoisotopic (exact) mass is 333 g/mol. The summed E-state index contributed by atoms with van der Waals surface area (Å²) >= 11 is 7.25. The number of hydrogen-bond acceptors (Lipinski definition) is 6. The number of phenolic OH excluding ortho intramolecular Hbond substituents is 1. The molecule has 4 aromatic rings. The number of phenols is 1. The first-order chi connectivity index (χ1) is 10.6. The van der Waals surface area contributed by atoms with Crippen molar-refractivity contribution in [3.8, 4) is 17.0 Å². The molecule has 4 N–H and O–H groups in total. The van der Waals surface area contributed by atoms with Crippen LogP contribution in [0.15, 0.2) is 28.4 Å². The van der Waals surface area contributed by atoms with E-state index in [-0.39, 0.29) is 28.2 Å². The minimum Gasteiger partial charge on any atom is -0.507 e. The first-order valence-electron chi connectivity index (χ1n) is 6.19. The SMILES string of the molecule is Nc1[nH]nc2nc3scc(-c4cc(Cl)ccc4O)n3c(=O)c12. The molecule has 0 aliphatic rings. The van der Waals surface area contributed by atoms with Crippen LogP contribution in [0.2, 0.25) is 5.02 Å². The lowest BCUT2D eigenvalue weighted by Gasteiger charge is -2.05. The molecule has 0 bridgehead atoms.